The monoisotopic (exact) mass is 367 g/mol. The van der Waals surface area contributed by atoms with Crippen molar-refractivity contribution in [3.05, 3.63) is 45.1 Å². The number of hydrogen-bond acceptors (Lipinski definition) is 7. The quantitative estimate of drug-likeness (QED) is 0.656. The second-order valence-electron chi connectivity index (χ2n) is 4.89. The number of aromatic hydroxyl groups is 1. The lowest BCUT2D eigenvalue weighted by Gasteiger charge is -2.18. The van der Waals surface area contributed by atoms with Gasteiger partial charge in [-0.2, -0.15) is 9.42 Å². The van der Waals surface area contributed by atoms with E-state index in [1.807, 2.05) is 9.97 Å². The molecule has 0 unspecified atom stereocenters. The van der Waals surface area contributed by atoms with E-state index in [-0.39, 0.29) is 10.6 Å². The van der Waals surface area contributed by atoms with Crippen molar-refractivity contribution in [2.45, 2.75) is 18.7 Å². The molecule has 0 amide bonds. The van der Waals surface area contributed by atoms with E-state index < -0.39 is 32.8 Å². The Balaban J connectivity index is 2.30. The summed E-state index contributed by atoms with van der Waals surface area (Å²) in [6, 6.07) is 5.57. The smallest absolute Gasteiger partial charge is 0.328 e. The van der Waals surface area contributed by atoms with Gasteiger partial charge < -0.3 is 5.11 Å². The van der Waals surface area contributed by atoms with Crippen LogP contribution in [0.25, 0.3) is 0 Å². The fourth-order valence-electron chi connectivity index (χ4n) is 2.07. The van der Waals surface area contributed by atoms with Crippen LogP contribution in [0, 0.1) is 0 Å². The van der Waals surface area contributed by atoms with Crippen molar-refractivity contribution in [2.75, 3.05) is 13.1 Å². The third-order valence-electron chi connectivity index (χ3n) is 3.34. The average Bonchev–Trinajstić information content (AvgIpc) is 2.55. The van der Waals surface area contributed by atoms with Crippen LogP contribution in [0.15, 0.2) is 49.0 Å². The third kappa shape index (κ3) is 4.00. The highest BCUT2D eigenvalue weighted by atomic mass is 32.2. The van der Waals surface area contributed by atoms with Gasteiger partial charge in [-0.05, 0) is 24.3 Å². The van der Waals surface area contributed by atoms with Crippen LogP contribution in [-0.2, 0) is 10.0 Å². The maximum atomic E-state index is 12.4. The molecule has 0 spiro atoms. The number of sulfonamides is 1. The van der Waals surface area contributed by atoms with Gasteiger partial charge >= 0.3 is 5.69 Å². The van der Waals surface area contributed by atoms with Crippen LogP contribution < -0.4 is 11.2 Å². The molecule has 2 rings (SSSR count). The van der Waals surface area contributed by atoms with E-state index in [0.29, 0.717) is 13.1 Å². The molecule has 0 fully saturated rings. The highest BCUT2D eigenvalue weighted by molar-refractivity contribution is 7.89. The molecule has 1 heterocycles. The predicted molar refractivity (Wildman–Crippen MR) is 90.1 cm³/mol. The molecule has 0 aliphatic carbocycles. The largest absolute Gasteiger partial charge is 0.493 e. The van der Waals surface area contributed by atoms with Crippen molar-refractivity contribution in [3.8, 4) is 5.88 Å². The van der Waals surface area contributed by atoms with Gasteiger partial charge in [-0.25, -0.2) is 13.2 Å². The van der Waals surface area contributed by atoms with E-state index in [4.69, 9.17) is 0 Å². The number of aromatic amines is 2. The molecular formula is C14H17N5O5S. The van der Waals surface area contributed by atoms with Crippen molar-refractivity contribution in [1.29, 1.82) is 0 Å². The van der Waals surface area contributed by atoms with E-state index in [2.05, 4.69) is 10.2 Å². The number of nitrogens with one attached hydrogen (secondary N) is 2. The normalized spacial score (nSPS) is 12.1. The Hall–Kier alpha value is -2.79. The lowest BCUT2D eigenvalue weighted by atomic mass is 10.3. The maximum Gasteiger partial charge on any atom is 0.328 e. The number of rotatable bonds is 6. The summed E-state index contributed by atoms with van der Waals surface area (Å²) in [6.45, 7) is 4.21. The van der Waals surface area contributed by atoms with Gasteiger partial charge in [0.25, 0.3) is 5.56 Å². The standard InChI is InChI=1S/C14H17N5O5S/c1-3-19(4-2)25(23,24)10-7-5-9(6-8-10)17-18-11-12(20)15-14(22)16-13(11)21/h5-8H,3-4H2,1-2H3,(H3,15,16,20,21,22). The first-order valence-corrected chi connectivity index (χ1v) is 8.81. The Morgan fingerprint density at radius 1 is 1.04 bits per heavy atom. The molecule has 1 aromatic heterocycles. The minimum absolute atomic E-state index is 0.111. The molecule has 0 aliphatic rings. The number of azo groups is 1. The van der Waals surface area contributed by atoms with Crippen molar-refractivity contribution < 1.29 is 13.5 Å². The molecular weight excluding hydrogens is 350 g/mol. The van der Waals surface area contributed by atoms with E-state index in [1.54, 1.807) is 13.8 Å². The number of benzene rings is 1. The molecule has 10 nitrogen and oxygen atoms in total. The van der Waals surface area contributed by atoms with E-state index in [9.17, 15) is 23.1 Å². The van der Waals surface area contributed by atoms with Gasteiger partial charge in [-0.1, -0.05) is 13.8 Å². The molecule has 0 saturated carbocycles. The first-order chi connectivity index (χ1) is 11.8. The maximum absolute atomic E-state index is 12.4. The molecule has 3 N–H and O–H groups in total. The molecule has 25 heavy (non-hydrogen) atoms. The molecule has 11 heteroatoms. The summed E-state index contributed by atoms with van der Waals surface area (Å²) in [4.78, 5) is 26.5. The Morgan fingerprint density at radius 3 is 2.16 bits per heavy atom. The third-order valence-corrected chi connectivity index (χ3v) is 5.41. The van der Waals surface area contributed by atoms with Gasteiger partial charge in [-0.3, -0.25) is 14.8 Å². The summed E-state index contributed by atoms with van der Waals surface area (Å²) in [7, 11) is -3.58. The summed E-state index contributed by atoms with van der Waals surface area (Å²) in [5.74, 6) is -0.710. The summed E-state index contributed by atoms with van der Waals surface area (Å²) in [5, 5.41) is 16.8. The Labute approximate surface area is 142 Å². The topological polar surface area (TPSA) is 148 Å². The fourth-order valence-corrected chi connectivity index (χ4v) is 3.52. The van der Waals surface area contributed by atoms with Crippen molar-refractivity contribution >= 4 is 21.4 Å². The number of hydrogen-bond donors (Lipinski definition) is 3. The average molecular weight is 367 g/mol. The zero-order chi connectivity index (χ0) is 18.6. The van der Waals surface area contributed by atoms with E-state index >= 15 is 0 Å². The van der Waals surface area contributed by atoms with E-state index in [1.165, 1.54) is 28.6 Å². The van der Waals surface area contributed by atoms with E-state index in [0.717, 1.165) is 0 Å². The SMILES string of the molecule is CCN(CC)S(=O)(=O)c1ccc(N=Nc2c(O)[nH]c(=O)[nH]c2=O)cc1. The molecule has 0 radical (unpaired) electrons. The van der Waals surface area contributed by atoms with Crippen LogP contribution in [0.1, 0.15) is 13.8 Å². The molecule has 0 saturated heterocycles. The number of aromatic nitrogens is 2. The van der Waals surface area contributed by atoms with Gasteiger partial charge in [0.15, 0.2) is 0 Å². The molecule has 0 atom stereocenters. The molecule has 0 bridgehead atoms. The number of H-pyrrole nitrogens is 2. The van der Waals surface area contributed by atoms with Crippen molar-refractivity contribution in [1.82, 2.24) is 14.3 Å². The van der Waals surface area contributed by atoms with Crippen LogP contribution in [0.5, 0.6) is 5.88 Å². The van der Waals surface area contributed by atoms with Gasteiger partial charge in [0.2, 0.25) is 21.6 Å². The summed E-state index contributed by atoms with van der Waals surface area (Å²) in [6.07, 6.45) is 0. The zero-order valence-corrected chi connectivity index (χ0v) is 14.4. The summed E-state index contributed by atoms with van der Waals surface area (Å²) in [5.41, 5.74) is -1.96. The highest BCUT2D eigenvalue weighted by Crippen LogP contribution is 2.23. The van der Waals surface area contributed by atoms with Gasteiger partial charge in [0.05, 0.1) is 10.6 Å². The van der Waals surface area contributed by atoms with Crippen molar-refractivity contribution in [3.63, 3.8) is 0 Å². The van der Waals surface area contributed by atoms with Gasteiger partial charge in [-0.15, -0.1) is 5.11 Å². The van der Waals surface area contributed by atoms with Gasteiger partial charge in [0, 0.05) is 13.1 Å². The fraction of sp³-hybridized carbons (Fsp3) is 0.286. The minimum atomic E-state index is -3.58. The Kier molecular flexibility index (Phi) is 5.49. The second-order valence-corrected chi connectivity index (χ2v) is 6.83. The first-order valence-electron chi connectivity index (χ1n) is 7.37. The van der Waals surface area contributed by atoms with Crippen LogP contribution in [-0.4, -0.2) is 40.9 Å². The predicted octanol–water partition coefficient (Wildman–Crippen LogP) is 1.21. The Bertz CT molecular complexity index is 988. The zero-order valence-electron chi connectivity index (χ0n) is 13.6. The van der Waals surface area contributed by atoms with Crippen LogP contribution >= 0.6 is 0 Å². The second kappa shape index (κ2) is 7.40. The lowest BCUT2D eigenvalue weighted by Crippen LogP contribution is -2.30. The number of nitrogens with zero attached hydrogens (tertiary/aromatic N) is 3. The molecule has 2 aromatic rings. The van der Waals surface area contributed by atoms with Gasteiger partial charge in [0.1, 0.15) is 0 Å². The van der Waals surface area contributed by atoms with Crippen LogP contribution in [0.4, 0.5) is 11.4 Å². The van der Waals surface area contributed by atoms with Crippen LogP contribution in [0.2, 0.25) is 0 Å². The summed E-state index contributed by atoms with van der Waals surface area (Å²) < 4.78 is 26.1. The van der Waals surface area contributed by atoms with Crippen molar-refractivity contribution in [2.24, 2.45) is 10.2 Å². The first kappa shape index (κ1) is 18.5. The highest BCUT2D eigenvalue weighted by Gasteiger charge is 2.21. The molecule has 134 valence electrons. The lowest BCUT2D eigenvalue weighted by molar-refractivity contribution is 0.445. The Morgan fingerprint density at radius 2 is 1.64 bits per heavy atom. The molecule has 0 aliphatic heterocycles. The molecule has 1 aromatic carbocycles. The minimum Gasteiger partial charge on any atom is -0.493 e. The summed E-state index contributed by atoms with van der Waals surface area (Å²) >= 11 is 0. The van der Waals surface area contributed by atoms with Crippen LogP contribution in [0.3, 0.4) is 0 Å².